The molecule has 1 saturated carbocycles. The zero-order chi connectivity index (χ0) is 8.32. The molecule has 0 aromatic heterocycles. The fourth-order valence-electron chi connectivity index (χ4n) is 2.01. The van der Waals surface area contributed by atoms with E-state index in [0.717, 1.165) is 5.54 Å². The molecule has 0 aromatic rings. The molecule has 0 heterocycles. The molecule has 11 heavy (non-hydrogen) atoms. The molecule has 1 radical (unpaired) electrons. The summed E-state index contributed by atoms with van der Waals surface area (Å²) in [5.41, 5.74) is 1.13. The van der Waals surface area contributed by atoms with Crippen molar-refractivity contribution in [2.24, 2.45) is 0 Å². The first-order chi connectivity index (χ1) is 5.08. The lowest BCUT2D eigenvalue weighted by molar-refractivity contribution is 0.492. The molecule has 0 atom stereocenters. The normalized spacial score (nSPS) is 22.1. The van der Waals surface area contributed by atoms with Crippen LogP contribution in [0.15, 0.2) is 0 Å². The van der Waals surface area contributed by atoms with E-state index in [1.54, 1.807) is 0 Å². The maximum atomic E-state index is 2.40. The zero-order valence-electron chi connectivity index (χ0n) is 8.19. The van der Waals surface area contributed by atoms with E-state index >= 15 is 0 Å². The van der Waals surface area contributed by atoms with Crippen molar-refractivity contribution in [3.05, 3.63) is 0 Å². The summed E-state index contributed by atoms with van der Waals surface area (Å²) >= 11 is 0. The highest BCUT2D eigenvalue weighted by Crippen LogP contribution is 2.35. The summed E-state index contributed by atoms with van der Waals surface area (Å²) < 4.78 is 0. The van der Waals surface area contributed by atoms with Crippen LogP contribution in [-0.2, 0) is 0 Å². The van der Waals surface area contributed by atoms with Crippen LogP contribution in [0.25, 0.3) is 0 Å². The van der Waals surface area contributed by atoms with Crippen LogP contribution < -0.4 is 0 Å². The topological polar surface area (TPSA) is 0 Å². The third kappa shape index (κ3) is 3.95. The van der Waals surface area contributed by atoms with Crippen molar-refractivity contribution < 1.29 is 0 Å². The van der Waals surface area contributed by atoms with E-state index in [-0.39, 0.29) is 0 Å². The fraction of sp³-hybridized carbons (Fsp3) is 1.00. The summed E-state index contributed by atoms with van der Waals surface area (Å²) in [6.45, 7) is 7.20. The van der Waals surface area contributed by atoms with Gasteiger partial charge in [0.2, 0.25) is 0 Å². The Hall–Kier alpha value is 0.217. The first-order valence-corrected chi connectivity index (χ1v) is 6.18. The minimum atomic E-state index is 0.641. The molecule has 1 fully saturated rings. The third-order valence-electron chi connectivity index (χ3n) is 2.39. The first kappa shape index (κ1) is 9.31. The van der Waals surface area contributed by atoms with Crippen LogP contribution in [0.4, 0.5) is 0 Å². The van der Waals surface area contributed by atoms with Crippen LogP contribution in [0.3, 0.4) is 0 Å². The monoisotopic (exact) mass is 169 g/mol. The second-order valence-electron chi connectivity index (χ2n) is 4.93. The van der Waals surface area contributed by atoms with Crippen molar-refractivity contribution in [3.63, 3.8) is 0 Å². The quantitative estimate of drug-likeness (QED) is 0.528. The van der Waals surface area contributed by atoms with Gasteiger partial charge in [0, 0.05) is 9.52 Å². The van der Waals surface area contributed by atoms with Gasteiger partial charge in [0.05, 0.1) is 0 Å². The van der Waals surface area contributed by atoms with Gasteiger partial charge in [-0.1, -0.05) is 52.9 Å². The third-order valence-corrected chi connectivity index (χ3v) is 4.52. The van der Waals surface area contributed by atoms with E-state index in [1.807, 2.05) is 0 Å². The largest absolute Gasteiger partial charge is 0.0631 e. The predicted octanol–water partition coefficient (Wildman–Crippen LogP) is 3.39. The van der Waals surface area contributed by atoms with Crippen molar-refractivity contribution >= 4 is 9.52 Å². The smallest absolute Gasteiger partial charge is 0.0377 e. The number of rotatable bonds is 1. The zero-order valence-corrected chi connectivity index (χ0v) is 9.34. The molecule has 0 bridgehead atoms. The van der Waals surface area contributed by atoms with E-state index in [0.29, 0.717) is 14.6 Å². The Bertz CT molecular complexity index is 107. The maximum absolute atomic E-state index is 2.40. The summed E-state index contributed by atoms with van der Waals surface area (Å²) in [5, 5.41) is 0.641. The number of hydrogen-bond donors (Lipinski definition) is 0. The van der Waals surface area contributed by atoms with Gasteiger partial charge in [-0.25, -0.2) is 0 Å². The van der Waals surface area contributed by atoms with Gasteiger partial charge in [0.15, 0.2) is 0 Å². The molecule has 0 amide bonds. The van der Waals surface area contributed by atoms with Crippen LogP contribution in [0.5, 0.6) is 0 Å². The molecule has 0 aliphatic heterocycles. The van der Waals surface area contributed by atoms with Gasteiger partial charge in [0.1, 0.15) is 0 Å². The van der Waals surface area contributed by atoms with Crippen LogP contribution in [0.1, 0.15) is 52.9 Å². The lowest BCUT2D eigenvalue weighted by Gasteiger charge is -2.27. The summed E-state index contributed by atoms with van der Waals surface area (Å²) in [4.78, 5) is 0. The summed E-state index contributed by atoms with van der Waals surface area (Å²) in [6.07, 6.45) is 7.58. The molecule has 65 valence electrons. The van der Waals surface area contributed by atoms with Crippen molar-refractivity contribution in [2.75, 3.05) is 0 Å². The molecule has 0 N–H and O–H groups in total. The molecule has 0 saturated heterocycles. The highest BCUT2D eigenvalue weighted by molar-refractivity contribution is 6.41. The molecule has 1 aliphatic rings. The summed E-state index contributed by atoms with van der Waals surface area (Å²) in [7, 11) is 0.697. The Kier molecular flexibility index (Phi) is 3.17. The molecule has 1 rings (SSSR count). The van der Waals surface area contributed by atoms with Crippen molar-refractivity contribution in [1.82, 2.24) is 0 Å². The Morgan fingerprint density at radius 2 is 1.55 bits per heavy atom. The predicted molar refractivity (Wildman–Crippen MR) is 53.7 cm³/mol. The fourth-order valence-corrected chi connectivity index (χ4v) is 4.23. The SMILES string of the molecule is CC(C)(C)[SiH]C1CCCCC1. The standard InChI is InChI=1S/C10H21Si/c1-10(2,3)11-9-7-5-4-6-8-9/h9,11H,4-8H2,1-3H3. The molecular formula is C10H21Si. The average Bonchev–Trinajstić information content (AvgIpc) is 1.85. The Morgan fingerprint density at radius 3 is 2.00 bits per heavy atom. The highest BCUT2D eigenvalue weighted by atomic mass is 28.2. The van der Waals surface area contributed by atoms with Gasteiger partial charge in [-0.3, -0.25) is 0 Å². The van der Waals surface area contributed by atoms with Gasteiger partial charge < -0.3 is 0 Å². The molecule has 0 spiro atoms. The van der Waals surface area contributed by atoms with Crippen LogP contribution in [0, 0.1) is 0 Å². The van der Waals surface area contributed by atoms with E-state index in [4.69, 9.17) is 0 Å². The van der Waals surface area contributed by atoms with Gasteiger partial charge in [-0.05, 0) is 10.6 Å². The molecular weight excluding hydrogens is 148 g/mol. The van der Waals surface area contributed by atoms with Gasteiger partial charge >= 0.3 is 0 Å². The van der Waals surface area contributed by atoms with Gasteiger partial charge in [-0.2, -0.15) is 0 Å². The second-order valence-corrected chi connectivity index (χ2v) is 7.94. The number of hydrogen-bond acceptors (Lipinski definition) is 0. The summed E-state index contributed by atoms with van der Waals surface area (Å²) in [5.74, 6) is 0. The molecule has 0 aromatic carbocycles. The lowest BCUT2D eigenvalue weighted by Crippen LogP contribution is -2.17. The van der Waals surface area contributed by atoms with Crippen molar-refractivity contribution in [1.29, 1.82) is 0 Å². The average molecular weight is 169 g/mol. The van der Waals surface area contributed by atoms with Crippen LogP contribution in [-0.4, -0.2) is 9.52 Å². The van der Waals surface area contributed by atoms with E-state index in [2.05, 4.69) is 20.8 Å². The Labute approximate surface area is 73.6 Å². The van der Waals surface area contributed by atoms with Gasteiger partial charge in [0.25, 0.3) is 0 Å². The molecule has 0 nitrogen and oxygen atoms in total. The van der Waals surface area contributed by atoms with Crippen molar-refractivity contribution in [3.8, 4) is 0 Å². The van der Waals surface area contributed by atoms with Crippen LogP contribution in [0.2, 0.25) is 10.6 Å². The molecule has 1 heteroatoms. The molecule has 0 unspecified atom stereocenters. The van der Waals surface area contributed by atoms with E-state index in [9.17, 15) is 0 Å². The highest BCUT2D eigenvalue weighted by Gasteiger charge is 2.21. The minimum absolute atomic E-state index is 0.641. The van der Waals surface area contributed by atoms with Gasteiger partial charge in [-0.15, -0.1) is 0 Å². The van der Waals surface area contributed by atoms with E-state index < -0.39 is 0 Å². The molecule has 1 aliphatic carbocycles. The second kappa shape index (κ2) is 3.75. The minimum Gasteiger partial charge on any atom is -0.0631 e. The van der Waals surface area contributed by atoms with Crippen molar-refractivity contribution in [2.45, 2.75) is 63.5 Å². The van der Waals surface area contributed by atoms with Crippen LogP contribution >= 0.6 is 0 Å². The maximum Gasteiger partial charge on any atom is 0.0377 e. The summed E-state index contributed by atoms with van der Waals surface area (Å²) in [6, 6.07) is 0. The lowest BCUT2D eigenvalue weighted by atomic mass is 10.0. The Balaban J connectivity index is 2.24. The first-order valence-electron chi connectivity index (χ1n) is 4.94. The van der Waals surface area contributed by atoms with E-state index in [1.165, 1.54) is 32.1 Å². The Morgan fingerprint density at radius 1 is 1.00 bits per heavy atom.